The van der Waals surface area contributed by atoms with Gasteiger partial charge in [-0.1, -0.05) is 11.3 Å². The lowest BCUT2D eigenvalue weighted by molar-refractivity contribution is 0.0606. The maximum atomic E-state index is 11.2. The summed E-state index contributed by atoms with van der Waals surface area (Å²) < 4.78 is 9.69. The molecule has 0 spiro atoms. The van der Waals surface area contributed by atoms with E-state index in [1.165, 1.54) is 24.6 Å². The molecule has 90 valence electrons. The Kier molecular flexibility index (Phi) is 4.70. The van der Waals surface area contributed by atoms with Crippen molar-refractivity contribution < 1.29 is 14.3 Å². The summed E-state index contributed by atoms with van der Waals surface area (Å²) in [5, 5.41) is 0.782. The third kappa shape index (κ3) is 2.93. The first kappa shape index (κ1) is 12.9. The van der Waals surface area contributed by atoms with E-state index in [2.05, 4.69) is 9.72 Å². The van der Waals surface area contributed by atoms with Crippen LogP contribution in [0.25, 0.3) is 0 Å². The average molecular weight is 244 g/mol. The van der Waals surface area contributed by atoms with Gasteiger partial charge in [0.05, 0.1) is 26.0 Å². The molecular weight excluding hydrogens is 228 g/mol. The van der Waals surface area contributed by atoms with Gasteiger partial charge in [0, 0.05) is 14.2 Å². The maximum absolute atomic E-state index is 11.2. The summed E-state index contributed by atoms with van der Waals surface area (Å²) >= 11 is 1.31. The summed E-state index contributed by atoms with van der Waals surface area (Å²) in [6.45, 7) is 2.65. The lowest BCUT2D eigenvalue weighted by Gasteiger charge is -2.23. The number of rotatable bonds is 5. The van der Waals surface area contributed by atoms with E-state index >= 15 is 0 Å². The van der Waals surface area contributed by atoms with Crippen LogP contribution in [0.15, 0.2) is 6.20 Å². The predicted molar refractivity (Wildman–Crippen MR) is 63.2 cm³/mol. The van der Waals surface area contributed by atoms with Crippen LogP contribution in [0.3, 0.4) is 0 Å². The topological polar surface area (TPSA) is 51.7 Å². The molecule has 1 unspecified atom stereocenters. The van der Waals surface area contributed by atoms with Gasteiger partial charge in [0.2, 0.25) is 0 Å². The second kappa shape index (κ2) is 5.81. The van der Waals surface area contributed by atoms with Crippen molar-refractivity contribution in [3.05, 3.63) is 11.1 Å². The number of nitrogens with zero attached hydrogens (tertiary/aromatic N) is 2. The van der Waals surface area contributed by atoms with E-state index in [-0.39, 0.29) is 12.0 Å². The molecule has 6 heteroatoms. The molecule has 1 aromatic rings. The molecule has 16 heavy (non-hydrogen) atoms. The fourth-order valence-electron chi connectivity index (χ4n) is 1.16. The van der Waals surface area contributed by atoms with Crippen LogP contribution in [0, 0.1) is 0 Å². The van der Waals surface area contributed by atoms with Gasteiger partial charge < -0.3 is 14.4 Å². The van der Waals surface area contributed by atoms with Crippen LogP contribution in [-0.2, 0) is 9.47 Å². The Morgan fingerprint density at radius 2 is 2.31 bits per heavy atom. The largest absolute Gasteiger partial charge is 0.465 e. The molecule has 0 aromatic carbocycles. The minimum absolute atomic E-state index is 0.210. The number of carbonyl (C=O) groups excluding carboxylic acids is 1. The lowest BCUT2D eigenvalue weighted by Crippen LogP contribution is -2.32. The number of methoxy groups -OCH3 is 2. The number of esters is 1. The standard InChI is InChI=1S/C10H16N2O3S/c1-7(6-14-3)12(2)10-11-5-8(16-10)9(13)15-4/h5,7H,6H2,1-4H3. The summed E-state index contributed by atoms with van der Waals surface area (Å²) in [4.78, 5) is 17.9. The van der Waals surface area contributed by atoms with Crippen molar-refractivity contribution in [3.8, 4) is 0 Å². The van der Waals surface area contributed by atoms with Crippen molar-refractivity contribution in [1.82, 2.24) is 4.98 Å². The smallest absolute Gasteiger partial charge is 0.349 e. The number of thiazole rings is 1. The highest BCUT2D eigenvalue weighted by Crippen LogP contribution is 2.23. The molecule has 0 radical (unpaired) electrons. The van der Waals surface area contributed by atoms with Crippen LogP contribution in [-0.4, -0.2) is 44.9 Å². The molecule has 0 bridgehead atoms. The van der Waals surface area contributed by atoms with Crippen LogP contribution >= 0.6 is 11.3 Å². The molecular formula is C10H16N2O3S. The van der Waals surface area contributed by atoms with Crippen molar-refractivity contribution in [2.75, 3.05) is 32.8 Å². The first-order chi connectivity index (χ1) is 7.60. The first-order valence-electron chi connectivity index (χ1n) is 4.86. The Hall–Kier alpha value is -1.14. The molecule has 0 amide bonds. The number of anilines is 1. The monoisotopic (exact) mass is 244 g/mol. The first-order valence-corrected chi connectivity index (χ1v) is 5.67. The van der Waals surface area contributed by atoms with E-state index in [0.29, 0.717) is 11.5 Å². The number of ether oxygens (including phenoxy) is 2. The summed E-state index contributed by atoms with van der Waals surface area (Å²) in [5.74, 6) is -0.350. The Morgan fingerprint density at radius 1 is 1.62 bits per heavy atom. The molecule has 0 aliphatic carbocycles. The molecule has 1 aromatic heterocycles. The normalized spacial score (nSPS) is 12.2. The second-order valence-corrected chi connectivity index (χ2v) is 4.42. The molecule has 0 aliphatic rings. The Morgan fingerprint density at radius 3 is 2.88 bits per heavy atom. The molecule has 0 aliphatic heterocycles. The molecule has 1 rings (SSSR count). The van der Waals surface area contributed by atoms with Crippen molar-refractivity contribution in [2.24, 2.45) is 0 Å². The molecule has 0 fully saturated rings. The van der Waals surface area contributed by atoms with Crippen LogP contribution in [0.2, 0.25) is 0 Å². The van der Waals surface area contributed by atoms with E-state index in [0.717, 1.165) is 5.13 Å². The van der Waals surface area contributed by atoms with Crippen LogP contribution in [0.5, 0.6) is 0 Å². The maximum Gasteiger partial charge on any atom is 0.349 e. The van der Waals surface area contributed by atoms with Gasteiger partial charge in [0.1, 0.15) is 4.88 Å². The summed E-state index contributed by atoms with van der Waals surface area (Å²) in [6.07, 6.45) is 1.53. The minimum atomic E-state index is -0.350. The van der Waals surface area contributed by atoms with Crippen LogP contribution < -0.4 is 4.90 Å². The van der Waals surface area contributed by atoms with Crippen molar-refractivity contribution >= 4 is 22.4 Å². The fraction of sp³-hybridized carbons (Fsp3) is 0.600. The quantitative estimate of drug-likeness (QED) is 0.733. The van der Waals surface area contributed by atoms with Crippen molar-refractivity contribution in [3.63, 3.8) is 0 Å². The highest BCUT2D eigenvalue weighted by atomic mass is 32.1. The summed E-state index contributed by atoms with van der Waals surface area (Å²) in [7, 11) is 4.94. The second-order valence-electron chi connectivity index (χ2n) is 3.41. The van der Waals surface area contributed by atoms with Gasteiger partial charge in [-0.05, 0) is 6.92 Å². The number of carbonyl (C=O) groups is 1. The van der Waals surface area contributed by atoms with Crippen LogP contribution in [0.1, 0.15) is 16.6 Å². The molecule has 1 atom stereocenters. The Bertz CT molecular complexity index is 354. The van der Waals surface area contributed by atoms with E-state index in [9.17, 15) is 4.79 Å². The zero-order chi connectivity index (χ0) is 12.1. The van der Waals surface area contributed by atoms with E-state index < -0.39 is 0 Å². The van der Waals surface area contributed by atoms with Gasteiger partial charge in [0.25, 0.3) is 0 Å². The zero-order valence-corrected chi connectivity index (χ0v) is 10.7. The molecule has 1 heterocycles. The SMILES string of the molecule is COCC(C)N(C)c1ncc(C(=O)OC)s1. The zero-order valence-electron chi connectivity index (χ0n) is 9.89. The Labute approximate surface area is 99.0 Å². The van der Waals surface area contributed by atoms with Crippen molar-refractivity contribution in [2.45, 2.75) is 13.0 Å². The van der Waals surface area contributed by atoms with E-state index in [4.69, 9.17) is 4.74 Å². The van der Waals surface area contributed by atoms with Gasteiger partial charge in [0.15, 0.2) is 5.13 Å². The highest BCUT2D eigenvalue weighted by molar-refractivity contribution is 7.17. The van der Waals surface area contributed by atoms with Gasteiger partial charge in [-0.25, -0.2) is 9.78 Å². The number of likely N-dealkylation sites (N-methyl/N-ethyl adjacent to an activating group) is 1. The van der Waals surface area contributed by atoms with Gasteiger partial charge >= 0.3 is 5.97 Å². The lowest BCUT2D eigenvalue weighted by atomic mass is 10.3. The fourth-order valence-corrected chi connectivity index (χ4v) is 2.06. The summed E-state index contributed by atoms with van der Waals surface area (Å²) in [5.41, 5.74) is 0. The third-order valence-electron chi connectivity index (χ3n) is 2.25. The average Bonchev–Trinajstić information content (AvgIpc) is 2.76. The molecule has 5 nitrogen and oxygen atoms in total. The van der Waals surface area contributed by atoms with Gasteiger partial charge in [-0.2, -0.15) is 0 Å². The third-order valence-corrected chi connectivity index (χ3v) is 3.32. The molecule has 0 N–H and O–H groups in total. The molecule has 0 saturated heterocycles. The minimum Gasteiger partial charge on any atom is -0.465 e. The van der Waals surface area contributed by atoms with Crippen molar-refractivity contribution in [1.29, 1.82) is 0 Å². The van der Waals surface area contributed by atoms with Crippen LogP contribution in [0.4, 0.5) is 5.13 Å². The number of hydrogen-bond donors (Lipinski definition) is 0. The van der Waals surface area contributed by atoms with E-state index in [1.807, 2.05) is 18.9 Å². The van der Waals surface area contributed by atoms with E-state index in [1.54, 1.807) is 7.11 Å². The summed E-state index contributed by atoms with van der Waals surface area (Å²) in [6, 6.07) is 0.210. The van der Waals surface area contributed by atoms with Gasteiger partial charge in [-0.15, -0.1) is 0 Å². The van der Waals surface area contributed by atoms with Gasteiger partial charge in [-0.3, -0.25) is 0 Å². The Balaban J connectivity index is 2.73. The highest BCUT2D eigenvalue weighted by Gasteiger charge is 2.16. The molecule has 0 saturated carbocycles. The number of hydrogen-bond acceptors (Lipinski definition) is 6. The number of aromatic nitrogens is 1. The predicted octanol–water partition coefficient (Wildman–Crippen LogP) is 1.40.